The molecule has 26 heavy (non-hydrogen) atoms. The quantitative estimate of drug-likeness (QED) is 0.637. The van der Waals surface area contributed by atoms with Gasteiger partial charge in [0.1, 0.15) is 0 Å². The van der Waals surface area contributed by atoms with Crippen molar-refractivity contribution in [3.63, 3.8) is 0 Å². The topological polar surface area (TPSA) is 16.1 Å². The fourth-order valence-electron chi connectivity index (χ4n) is 4.37. The molecule has 0 amide bonds. The predicted molar refractivity (Wildman–Crippen MR) is 111 cm³/mol. The number of fused-ring (bicyclic) bond motifs is 1. The van der Waals surface area contributed by atoms with Crippen molar-refractivity contribution in [1.82, 2.24) is 9.88 Å². The minimum absolute atomic E-state index is 0.335. The number of benzene rings is 1. The molecule has 0 unspecified atom stereocenters. The van der Waals surface area contributed by atoms with Gasteiger partial charge in [0, 0.05) is 36.4 Å². The summed E-state index contributed by atoms with van der Waals surface area (Å²) in [6.07, 6.45) is 4.14. The maximum Gasteiger partial charge on any atom is 0.0475 e. The lowest BCUT2D eigenvalue weighted by Crippen LogP contribution is -2.37. The van der Waals surface area contributed by atoms with Crippen LogP contribution in [0.3, 0.4) is 0 Å². The lowest BCUT2D eigenvalue weighted by Gasteiger charge is -2.31. The van der Waals surface area contributed by atoms with Crippen molar-refractivity contribution in [3.8, 4) is 0 Å². The molecule has 0 saturated heterocycles. The summed E-state index contributed by atoms with van der Waals surface area (Å²) < 4.78 is 0. The van der Waals surface area contributed by atoms with Crippen molar-refractivity contribution in [2.45, 2.75) is 65.5 Å². The molecular weight excluding hydrogens is 316 g/mol. The van der Waals surface area contributed by atoms with E-state index in [0.717, 1.165) is 19.4 Å². The van der Waals surface area contributed by atoms with Crippen LogP contribution in [-0.4, -0.2) is 28.5 Å². The van der Waals surface area contributed by atoms with Gasteiger partial charge in [-0.1, -0.05) is 42.8 Å². The second kappa shape index (κ2) is 8.18. The molecule has 138 valence electrons. The van der Waals surface area contributed by atoms with Gasteiger partial charge in [-0.25, -0.2) is 0 Å². The Morgan fingerprint density at radius 3 is 2.27 bits per heavy atom. The Bertz CT molecular complexity index is 751. The lowest BCUT2D eigenvalue weighted by atomic mass is 9.89. The average molecular weight is 349 g/mol. The zero-order valence-corrected chi connectivity index (χ0v) is 16.9. The Morgan fingerprint density at radius 1 is 0.923 bits per heavy atom. The van der Waals surface area contributed by atoms with Gasteiger partial charge in [0.2, 0.25) is 0 Å². The van der Waals surface area contributed by atoms with E-state index in [1.807, 2.05) is 12.3 Å². The molecular formula is C24H32N2. The molecule has 1 aliphatic carbocycles. The van der Waals surface area contributed by atoms with E-state index in [4.69, 9.17) is 0 Å². The van der Waals surface area contributed by atoms with Crippen molar-refractivity contribution in [1.29, 1.82) is 0 Å². The van der Waals surface area contributed by atoms with Gasteiger partial charge < -0.3 is 0 Å². The monoisotopic (exact) mass is 348 g/mol. The van der Waals surface area contributed by atoms with Crippen LogP contribution in [-0.2, 0) is 6.42 Å². The van der Waals surface area contributed by atoms with Gasteiger partial charge in [-0.3, -0.25) is 9.88 Å². The van der Waals surface area contributed by atoms with E-state index in [0.29, 0.717) is 18.0 Å². The van der Waals surface area contributed by atoms with Crippen LogP contribution in [0, 0.1) is 0 Å². The molecule has 0 radical (unpaired) electrons. The first-order valence-corrected chi connectivity index (χ1v) is 9.96. The number of allylic oxidation sites excluding steroid dienone is 1. The van der Waals surface area contributed by atoms with Crippen molar-refractivity contribution < 1.29 is 0 Å². The molecule has 0 saturated carbocycles. The summed E-state index contributed by atoms with van der Waals surface area (Å²) >= 11 is 0. The molecule has 3 rings (SSSR count). The van der Waals surface area contributed by atoms with Crippen LogP contribution in [0.4, 0.5) is 0 Å². The van der Waals surface area contributed by atoms with E-state index >= 15 is 0 Å². The third-order valence-electron chi connectivity index (χ3n) is 5.66. The van der Waals surface area contributed by atoms with Crippen LogP contribution in [0.1, 0.15) is 63.8 Å². The summed E-state index contributed by atoms with van der Waals surface area (Å²) in [5.41, 5.74) is 7.17. The first-order valence-electron chi connectivity index (χ1n) is 9.96. The van der Waals surface area contributed by atoms with E-state index in [2.05, 4.69) is 80.9 Å². The third kappa shape index (κ3) is 3.91. The highest BCUT2D eigenvalue weighted by atomic mass is 15.2. The molecule has 1 aromatic carbocycles. The zero-order valence-electron chi connectivity index (χ0n) is 16.9. The number of hydrogen-bond donors (Lipinski definition) is 0. The Hall–Kier alpha value is -1.93. The molecule has 0 aliphatic heterocycles. The van der Waals surface area contributed by atoms with Gasteiger partial charge in [-0.2, -0.15) is 0 Å². The third-order valence-corrected chi connectivity index (χ3v) is 5.66. The second-order valence-electron chi connectivity index (χ2n) is 8.00. The summed E-state index contributed by atoms with van der Waals surface area (Å²) in [5.74, 6) is 0.335. The second-order valence-corrected chi connectivity index (χ2v) is 8.00. The Balaban J connectivity index is 1.91. The molecule has 0 spiro atoms. The van der Waals surface area contributed by atoms with Crippen molar-refractivity contribution in [3.05, 3.63) is 71.1 Å². The summed E-state index contributed by atoms with van der Waals surface area (Å²) in [5, 5.41) is 0. The molecule has 1 heterocycles. The van der Waals surface area contributed by atoms with E-state index in [1.165, 1.54) is 22.4 Å². The maximum atomic E-state index is 4.64. The molecule has 0 N–H and O–H groups in total. The highest BCUT2D eigenvalue weighted by molar-refractivity contribution is 5.80. The average Bonchev–Trinajstić information content (AvgIpc) is 2.99. The number of nitrogens with zero attached hydrogens (tertiary/aromatic N) is 2. The number of pyridine rings is 1. The van der Waals surface area contributed by atoms with Gasteiger partial charge in [0.05, 0.1) is 0 Å². The summed E-state index contributed by atoms with van der Waals surface area (Å²) in [7, 11) is 0. The Labute approximate surface area is 159 Å². The number of hydrogen-bond acceptors (Lipinski definition) is 2. The van der Waals surface area contributed by atoms with Gasteiger partial charge in [0.15, 0.2) is 0 Å². The normalized spacial score (nSPS) is 15.2. The molecule has 1 atom stereocenters. The SMILES string of the molecule is CC(C)N(CCC1=C([C@@H](C)c2ccccn2)c2ccccc2C1)C(C)C. The van der Waals surface area contributed by atoms with Crippen molar-refractivity contribution in [2.75, 3.05) is 6.54 Å². The first-order chi connectivity index (χ1) is 12.5. The van der Waals surface area contributed by atoms with Crippen LogP contribution in [0.2, 0.25) is 0 Å². The van der Waals surface area contributed by atoms with E-state index < -0.39 is 0 Å². The fourth-order valence-corrected chi connectivity index (χ4v) is 4.37. The van der Waals surface area contributed by atoms with Crippen LogP contribution in [0.25, 0.3) is 5.57 Å². The molecule has 2 heteroatoms. The maximum absolute atomic E-state index is 4.64. The highest BCUT2D eigenvalue weighted by Crippen LogP contribution is 2.42. The van der Waals surface area contributed by atoms with E-state index in [1.54, 1.807) is 5.57 Å². The lowest BCUT2D eigenvalue weighted by molar-refractivity contribution is 0.177. The summed E-state index contributed by atoms with van der Waals surface area (Å²) in [6.45, 7) is 12.6. The largest absolute Gasteiger partial charge is 0.298 e. The minimum Gasteiger partial charge on any atom is -0.298 e. The van der Waals surface area contributed by atoms with Gasteiger partial charge in [0.25, 0.3) is 0 Å². The van der Waals surface area contributed by atoms with E-state index in [-0.39, 0.29) is 0 Å². The van der Waals surface area contributed by atoms with Crippen LogP contribution < -0.4 is 0 Å². The van der Waals surface area contributed by atoms with Crippen LogP contribution in [0.15, 0.2) is 54.2 Å². The smallest absolute Gasteiger partial charge is 0.0475 e. The van der Waals surface area contributed by atoms with Crippen molar-refractivity contribution in [2.24, 2.45) is 0 Å². The summed E-state index contributed by atoms with van der Waals surface area (Å²) in [6, 6.07) is 16.3. The van der Waals surface area contributed by atoms with Gasteiger partial charge in [-0.15, -0.1) is 0 Å². The Morgan fingerprint density at radius 2 is 1.62 bits per heavy atom. The van der Waals surface area contributed by atoms with Crippen LogP contribution in [0.5, 0.6) is 0 Å². The number of aromatic nitrogens is 1. The number of rotatable bonds is 7. The van der Waals surface area contributed by atoms with Crippen LogP contribution >= 0.6 is 0 Å². The molecule has 0 bridgehead atoms. The van der Waals surface area contributed by atoms with E-state index in [9.17, 15) is 0 Å². The minimum atomic E-state index is 0.335. The Kier molecular flexibility index (Phi) is 5.93. The van der Waals surface area contributed by atoms with Gasteiger partial charge >= 0.3 is 0 Å². The zero-order chi connectivity index (χ0) is 18.7. The standard InChI is InChI=1S/C24H32N2/c1-17(2)26(18(3)4)15-13-21-16-20-10-6-7-11-22(20)24(21)19(5)23-12-8-9-14-25-23/h6-12,14,17-19H,13,15-16H2,1-5H3/t19-/m0/s1. The van der Waals surface area contributed by atoms with Crippen molar-refractivity contribution >= 4 is 5.57 Å². The molecule has 0 fully saturated rings. The van der Waals surface area contributed by atoms with Gasteiger partial charge in [-0.05, 0) is 69.4 Å². The highest BCUT2D eigenvalue weighted by Gasteiger charge is 2.27. The molecule has 2 nitrogen and oxygen atoms in total. The molecule has 1 aliphatic rings. The summed E-state index contributed by atoms with van der Waals surface area (Å²) in [4.78, 5) is 7.23. The first kappa shape index (κ1) is 18.8. The molecule has 1 aromatic heterocycles. The molecule has 2 aromatic rings. The fraction of sp³-hybridized carbons (Fsp3) is 0.458. The predicted octanol–water partition coefficient (Wildman–Crippen LogP) is 5.70.